The summed E-state index contributed by atoms with van der Waals surface area (Å²) in [5.74, 6) is 0.519. The zero-order valence-corrected chi connectivity index (χ0v) is 18.2. The largest absolute Gasteiger partial charge is 0.394 e. The maximum atomic E-state index is 10.5. The van der Waals surface area contributed by atoms with Crippen LogP contribution in [0, 0.1) is 0 Å². The molecule has 2 heterocycles. The summed E-state index contributed by atoms with van der Waals surface area (Å²) >= 11 is 0. The van der Waals surface area contributed by atoms with E-state index < -0.39 is 37.1 Å². The van der Waals surface area contributed by atoms with Gasteiger partial charge in [0.25, 0.3) is 0 Å². The lowest BCUT2D eigenvalue weighted by molar-refractivity contribution is -0.231. The minimum absolute atomic E-state index is 0.421. The molecule has 4 rings (SSSR count). The molecule has 0 radical (unpaired) electrons. The van der Waals surface area contributed by atoms with Gasteiger partial charge in [-0.15, -0.1) is 0 Å². The molecule has 2 aliphatic rings. The standard InChI is InChI=1S/C25H33NO5/c1-15(2)17-7-5-16(6-8-17)13-26-11-3-4-18-12-19(9-10-20(18)26)25-24(30)23(29)22(28)21(14-27)31-25/h5-10,12,15,21-25,27-30H,3-4,11,13-14H2,1-2H3/t21-,22-,23+,24-,25+/m1/s1. The van der Waals surface area contributed by atoms with Gasteiger partial charge in [0, 0.05) is 18.8 Å². The Balaban J connectivity index is 1.54. The summed E-state index contributed by atoms with van der Waals surface area (Å²) in [5.41, 5.74) is 5.72. The van der Waals surface area contributed by atoms with Gasteiger partial charge in [-0.25, -0.2) is 0 Å². The Morgan fingerprint density at radius 3 is 2.42 bits per heavy atom. The molecule has 1 fully saturated rings. The zero-order valence-electron chi connectivity index (χ0n) is 18.2. The molecule has 5 atom stereocenters. The molecule has 0 aliphatic carbocycles. The molecule has 2 aromatic rings. The van der Waals surface area contributed by atoms with Gasteiger partial charge in [0.1, 0.15) is 30.5 Å². The molecule has 0 saturated carbocycles. The molecule has 0 amide bonds. The number of hydrogen-bond acceptors (Lipinski definition) is 6. The fourth-order valence-electron chi connectivity index (χ4n) is 4.64. The lowest BCUT2D eigenvalue weighted by Gasteiger charge is -2.40. The molecule has 31 heavy (non-hydrogen) atoms. The molecule has 0 unspecified atom stereocenters. The highest BCUT2D eigenvalue weighted by Crippen LogP contribution is 2.36. The van der Waals surface area contributed by atoms with Crippen molar-refractivity contribution in [3.05, 3.63) is 64.7 Å². The first-order valence-corrected chi connectivity index (χ1v) is 11.2. The van der Waals surface area contributed by atoms with Gasteiger partial charge < -0.3 is 30.1 Å². The van der Waals surface area contributed by atoms with Crippen molar-refractivity contribution < 1.29 is 25.2 Å². The monoisotopic (exact) mass is 427 g/mol. The van der Waals surface area contributed by atoms with Gasteiger partial charge in [-0.05, 0) is 47.1 Å². The summed E-state index contributed by atoms with van der Waals surface area (Å²) in [4.78, 5) is 2.38. The van der Waals surface area contributed by atoms with Crippen LogP contribution in [0.1, 0.15) is 54.5 Å². The van der Waals surface area contributed by atoms with Gasteiger partial charge in [-0.1, -0.05) is 50.2 Å². The first-order chi connectivity index (χ1) is 14.9. The van der Waals surface area contributed by atoms with Crippen molar-refractivity contribution in [2.24, 2.45) is 0 Å². The van der Waals surface area contributed by atoms with Crippen LogP contribution in [0.25, 0.3) is 0 Å². The van der Waals surface area contributed by atoms with Gasteiger partial charge >= 0.3 is 0 Å². The number of aliphatic hydroxyl groups is 4. The molecule has 0 aromatic heterocycles. The number of aryl methyl sites for hydroxylation is 1. The first kappa shape index (κ1) is 22.2. The Morgan fingerprint density at radius 2 is 1.74 bits per heavy atom. The fourth-order valence-corrected chi connectivity index (χ4v) is 4.64. The number of fused-ring (bicyclic) bond motifs is 1. The highest BCUT2D eigenvalue weighted by Gasteiger charge is 2.44. The Bertz CT molecular complexity index is 882. The summed E-state index contributed by atoms with van der Waals surface area (Å²) in [6.45, 7) is 5.80. The van der Waals surface area contributed by atoms with Crippen molar-refractivity contribution in [1.82, 2.24) is 0 Å². The summed E-state index contributed by atoms with van der Waals surface area (Å²) in [7, 11) is 0. The molecule has 0 bridgehead atoms. The second-order valence-electron chi connectivity index (χ2n) is 9.06. The number of benzene rings is 2. The predicted octanol–water partition coefficient (Wildman–Crippen LogP) is 2.28. The van der Waals surface area contributed by atoms with Crippen molar-refractivity contribution in [3.63, 3.8) is 0 Å². The Morgan fingerprint density at radius 1 is 1.00 bits per heavy atom. The van der Waals surface area contributed by atoms with Crippen LogP contribution in [-0.2, 0) is 17.7 Å². The van der Waals surface area contributed by atoms with Gasteiger partial charge in [0.2, 0.25) is 0 Å². The Hall–Kier alpha value is -1.96. The zero-order chi connectivity index (χ0) is 22.1. The van der Waals surface area contributed by atoms with Crippen LogP contribution in [0.15, 0.2) is 42.5 Å². The van der Waals surface area contributed by atoms with Crippen LogP contribution in [0.4, 0.5) is 5.69 Å². The fraction of sp³-hybridized carbons (Fsp3) is 0.520. The van der Waals surface area contributed by atoms with E-state index in [4.69, 9.17) is 4.74 Å². The maximum Gasteiger partial charge on any atom is 0.113 e. The van der Waals surface area contributed by atoms with Crippen molar-refractivity contribution in [3.8, 4) is 0 Å². The van der Waals surface area contributed by atoms with Gasteiger partial charge in [-0.3, -0.25) is 0 Å². The summed E-state index contributed by atoms with van der Waals surface area (Å²) < 4.78 is 5.74. The van der Waals surface area contributed by atoms with Crippen LogP contribution in [0.3, 0.4) is 0 Å². The molecule has 6 heteroatoms. The van der Waals surface area contributed by atoms with Gasteiger partial charge in [0.05, 0.1) is 6.61 Å². The summed E-state index contributed by atoms with van der Waals surface area (Å²) in [6.07, 6.45) is -3.68. The van der Waals surface area contributed by atoms with Crippen LogP contribution in [0.2, 0.25) is 0 Å². The number of anilines is 1. The van der Waals surface area contributed by atoms with E-state index in [1.165, 1.54) is 22.4 Å². The van der Waals surface area contributed by atoms with Gasteiger partial charge in [-0.2, -0.15) is 0 Å². The van der Waals surface area contributed by atoms with Crippen molar-refractivity contribution >= 4 is 5.69 Å². The molecular weight excluding hydrogens is 394 g/mol. The van der Waals surface area contributed by atoms with Crippen molar-refractivity contribution in [2.45, 2.75) is 69.7 Å². The van der Waals surface area contributed by atoms with E-state index >= 15 is 0 Å². The van der Waals surface area contributed by atoms with Crippen LogP contribution in [-0.4, -0.2) is 58.0 Å². The Kier molecular flexibility index (Phi) is 6.65. The average molecular weight is 428 g/mol. The van der Waals surface area contributed by atoms with E-state index in [0.29, 0.717) is 5.92 Å². The summed E-state index contributed by atoms with van der Waals surface area (Å²) in [5, 5.41) is 40.1. The molecule has 0 spiro atoms. The minimum atomic E-state index is -1.36. The lowest BCUT2D eigenvalue weighted by Crippen LogP contribution is -2.55. The van der Waals surface area contributed by atoms with E-state index in [-0.39, 0.29) is 0 Å². The summed E-state index contributed by atoms with van der Waals surface area (Å²) in [6, 6.07) is 14.8. The highest BCUT2D eigenvalue weighted by molar-refractivity contribution is 5.57. The molecule has 2 aromatic carbocycles. The van der Waals surface area contributed by atoms with Crippen LogP contribution in [0.5, 0.6) is 0 Å². The minimum Gasteiger partial charge on any atom is -0.394 e. The third kappa shape index (κ3) is 4.49. The maximum absolute atomic E-state index is 10.5. The smallest absolute Gasteiger partial charge is 0.113 e. The van der Waals surface area contributed by atoms with E-state index in [9.17, 15) is 20.4 Å². The number of nitrogens with zero attached hydrogens (tertiary/aromatic N) is 1. The van der Waals surface area contributed by atoms with Crippen LogP contribution < -0.4 is 4.90 Å². The topological polar surface area (TPSA) is 93.4 Å². The molecule has 2 aliphatic heterocycles. The number of aliphatic hydroxyl groups excluding tert-OH is 4. The normalized spacial score (nSPS) is 28.6. The molecule has 6 nitrogen and oxygen atoms in total. The highest BCUT2D eigenvalue weighted by atomic mass is 16.5. The van der Waals surface area contributed by atoms with E-state index in [2.05, 4.69) is 43.0 Å². The number of ether oxygens (including phenoxy) is 1. The average Bonchev–Trinajstić information content (AvgIpc) is 2.78. The quantitative estimate of drug-likeness (QED) is 0.585. The first-order valence-electron chi connectivity index (χ1n) is 11.2. The Labute approximate surface area is 183 Å². The SMILES string of the molecule is CC(C)c1ccc(CN2CCCc3cc([C@@H]4O[C@H](CO)[C@@H](O)[C@H](O)[C@H]4O)ccc32)cc1. The van der Waals surface area contributed by atoms with Crippen molar-refractivity contribution in [1.29, 1.82) is 0 Å². The van der Waals surface area contributed by atoms with Crippen molar-refractivity contribution in [2.75, 3.05) is 18.1 Å². The molecular formula is C25H33NO5. The number of rotatable bonds is 5. The molecule has 1 saturated heterocycles. The molecule has 168 valence electrons. The third-order valence-corrected chi connectivity index (χ3v) is 6.56. The predicted molar refractivity (Wildman–Crippen MR) is 119 cm³/mol. The second-order valence-corrected chi connectivity index (χ2v) is 9.06. The molecule has 4 N–H and O–H groups in total. The second kappa shape index (κ2) is 9.27. The van der Waals surface area contributed by atoms with Gasteiger partial charge in [0.15, 0.2) is 0 Å². The van der Waals surface area contributed by atoms with E-state index in [1.54, 1.807) is 0 Å². The third-order valence-electron chi connectivity index (χ3n) is 6.56. The lowest BCUT2D eigenvalue weighted by atomic mass is 9.89. The van der Waals surface area contributed by atoms with Crippen LogP contribution >= 0.6 is 0 Å². The van der Waals surface area contributed by atoms with E-state index in [1.807, 2.05) is 18.2 Å². The van der Waals surface area contributed by atoms with E-state index in [0.717, 1.165) is 31.5 Å². The number of hydrogen-bond donors (Lipinski definition) is 4.